The first-order valence-corrected chi connectivity index (χ1v) is 6.41. The van der Waals surface area contributed by atoms with Crippen LogP contribution in [0.25, 0.3) is 11.2 Å². The summed E-state index contributed by atoms with van der Waals surface area (Å²) in [7, 11) is 1.76. The van der Waals surface area contributed by atoms with Crippen LogP contribution in [0.5, 0.6) is 0 Å². The smallest absolute Gasteiger partial charge is 0.280 e. The number of hydrogen-bond donors (Lipinski definition) is 0. The van der Waals surface area contributed by atoms with Gasteiger partial charge in [0.15, 0.2) is 17.0 Å². The maximum absolute atomic E-state index is 12.3. The third-order valence-corrected chi connectivity index (χ3v) is 3.43. The van der Waals surface area contributed by atoms with Gasteiger partial charge in [-0.2, -0.15) is 4.98 Å². The molecule has 3 heterocycles. The summed E-state index contributed by atoms with van der Waals surface area (Å²) >= 11 is 0. The summed E-state index contributed by atoms with van der Waals surface area (Å²) < 4.78 is 8.29. The molecule has 0 aliphatic heterocycles. The zero-order valence-corrected chi connectivity index (χ0v) is 10.9. The Balaban J connectivity index is 1.72. The molecule has 1 aliphatic carbocycles. The number of fused-ring (bicyclic) bond motifs is 1. The van der Waals surface area contributed by atoms with Crippen LogP contribution in [-0.2, 0) is 13.6 Å². The lowest BCUT2D eigenvalue weighted by Gasteiger charge is -2.01. The van der Waals surface area contributed by atoms with Crippen molar-refractivity contribution >= 4 is 11.2 Å². The molecule has 0 N–H and O–H groups in total. The molecule has 4 rings (SSSR count). The van der Waals surface area contributed by atoms with Crippen molar-refractivity contribution in [3.63, 3.8) is 0 Å². The van der Waals surface area contributed by atoms with Crippen LogP contribution in [0.15, 0.2) is 22.0 Å². The molecular formula is C12H12N6O2. The first kappa shape index (κ1) is 11.3. The van der Waals surface area contributed by atoms with Crippen molar-refractivity contribution in [2.45, 2.75) is 25.3 Å². The first-order chi connectivity index (χ1) is 9.72. The highest BCUT2D eigenvalue weighted by atomic mass is 16.5. The topological polar surface area (TPSA) is 91.6 Å². The summed E-state index contributed by atoms with van der Waals surface area (Å²) in [6.45, 7) is 0.229. The van der Waals surface area contributed by atoms with Gasteiger partial charge in [0.2, 0.25) is 5.89 Å². The Morgan fingerprint density at radius 2 is 2.15 bits per heavy atom. The predicted octanol–water partition coefficient (Wildman–Crippen LogP) is 0.439. The second-order valence-electron chi connectivity index (χ2n) is 5.03. The third kappa shape index (κ3) is 1.72. The van der Waals surface area contributed by atoms with E-state index in [1.165, 1.54) is 10.9 Å². The minimum atomic E-state index is -0.166. The maximum Gasteiger partial charge on any atom is 0.280 e. The molecule has 102 valence electrons. The van der Waals surface area contributed by atoms with Gasteiger partial charge in [0.1, 0.15) is 12.9 Å². The summed E-state index contributed by atoms with van der Waals surface area (Å²) in [5.74, 6) is 1.60. The molecule has 3 aromatic rings. The molecule has 1 aliphatic rings. The maximum atomic E-state index is 12.3. The Morgan fingerprint density at radius 1 is 1.35 bits per heavy atom. The number of rotatable bonds is 3. The van der Waals surface area contributed by atoms with Gasteiger partial charge < -0.3 is 9.09 Å². The van der Waals surface area contributed by atoms with Gasteiger partial charge in [0.05, 0.1) is 6.33 Å². The Labute approximate surface area is 113 Å². The minimum absolute atomic E-state index is 0.166. The first-order valence-electron chi connectivity index (χ1n) is 6.41. The third-order valence-electron chi connectivity index (χ3n) is 3.43. The fourth-order valence-electron chi connectivity index (χ4n) is 2.17. The average molecular weight is 272 g/mol. The van der Waals surface area contributed by atoms with Crippen LogP contribution in [-0.4, -0.2) is 29.2 Å². The summed E-state index contributed by atoms with van der Waals surface area (Å²) in [4.78, 5) is 24.9. The second-order valence-corrected chi connectivity index (χ2v) is 5.03. The van der Waals surface area contributed by atoms with Crippen molar-refractivity contribution in [1.82, 2.24) is 29.2 Å². The van der Waals surface area contributed by atoms with Gasteiger partial charge in [-0.25, -0.2) is 9.97 Å². The van der Waals surface area contributed by atoms with Crippen molar-refractivity contribution in [2.24, 2.45) is 7.05 Å². The van der Waals surface area contributed by atoms with Gasteiger partial charge in [0, 0.05) is 13.0 Å². The van der Waals surface area contributed by atoms with Crippen LogP contribution in [0.3, 0.4) is 0 Å². The fourth-order valence-corrected chi connectivity index (χ4v) is 2.17. The molecule has 1 saturated carbocycles. The van der Waals surface area contributed by atoms with Gasteiger partial charge in [-0.1, -0.05) is 5.16 Å². The van der Waals surface area contributed by atoms with Crippen LogP contribution in [0, 0.1) is 0 Å². The zero-order chi connectivity index (χ0) is 13.7. The molecule has 0 unspecified atom stereocenters. The molecule has 0 bridgehead atoms. The van der Waals surface area contributed by atoms with Crippen LogP contribution in [0.2, 0.25) is 0 Å². The van der Waals surface area contributed by atoms with Crippen LogP contribution in [0.4, 0.5) is 0 Å². The zero-order valence-electron chi connectivity index (χ0n) is 10.9. The normalized spacial score (nSPS) is 15.1. The van der Waals surface area contributed by atoms with Crippen LogP contribution < -0.4 is 5.56 Å². The Morgan fingerprint density at radius 3 is 2.95 bits per heavy atom. The Bertz CT molecular complexity index is 841. The highest BCUT2D eigenvalue weighted by Gasteiger charge is 2.28. The van der Waals surface area contributed by atoms with E-state index in [0.717, 1.165) is 18.7 Å². The van der Waals surface area contributed by atoms with Crippen molar-refractivity contribution in [1.29, 1.82) is 0 Å². The molecule has 0 atom stereocenters. The number of nitrogens with zero attached hydrogens (tertiary/aromatic N) is 6. The summed E-state index contributed by atoms with van der Waals surface area (Å²) in [5, 5.41) is 3.93. The van der Waals surface area contributed by atoms with E-state index in [-0.39, 0.29) is 12.1 Å². The van der Waals surface area contributed by atoms with Crippen molar-refractivity contribution in [3.05, 3.63) is 34.7 Å². The summed E-state index contributed by atoms with van der Waals surface area (Å²) in [6, 6.07) is 0. The van der Waals surface area contributed by atoms with E-state index >= 15 is 0 Å². The fraction of sp³-hybridized carbons (Fsp3) is 0.417. The molecular weight excluding hydrogens is 260 g/mol. The molecule has 20 heavy (non-hydrogen) atoms. The molecule has 0 spiro atoms. The van der Waals surface area contributed by atoms with Gasteiger partial charge in [0.25, 0.3) is 5.56 Å². The van der Waals surface area contributed by atoms with Gasteiger partial charge in [-0.15, -0.1) is 0 Å². The van der Waals surface area contributed by atoms with Crippen molar-refractivity contribution in [3.8, 4) is 0 Å². The second kappa shape index (κ2) is 3.99. The van der Waals surface area contributed by atoms with Crippen molar-refractivity contribution in [2.75, 3.05) is 0 Å². The summed E-state index contributed by atoms with van der Waals surface area (Å²) in [6.07, 6.45) is 5.25. The lowest BCUT2D eigenvalue weighted by atomic mass is 10.4. The predicted molar refractivity (Wildman–Crippen MR) is 68.1 cm³/mol. The van der Waals surface area contributed by atoms with Gasteiger partial charge in [-0.3, -0.25) is 9.36 Å². The molecule has 0 saturated heterocycles. The van der Waals surface area contributed by atoms with E-state index in [0.29, 0.717) is 23.0 Å². The average Bonchev–Trinajstić information content (AvgIpc) is 3.07. The Kier molecular flexibility index (Phi) is 2.26. The Hall–Kier alpha value is -2.51. The highest BCUT2D eigenvalue weighted by molar-refractivity contribution is 5.68. The standard InChI is InChI=1S/C12H12N6O2/c1-17-5-13-11-9(17)12(19)18(6-14-11)4-8-15-10(16-20-8)7-2-3-7/h5-7H,2-4H2,1H3. The monoisotopic (exact) mass is 272 g/mol. The summed E-state index contributed by atoms with van der Waals surface area (Å²) in [5.41, 5.74) is 0.744. The van der Waals surface area contributed by atoms with Crippen LogP contribution in [0.1, 0.15) is 30.5 Å². The molecule has 8 heteroatoms. The molecule has 0 radical (unpaired) electrons. The lowest BCUT2D eigenvalue weighted by Crippen LogP contribution is -2.22. The van der Waals surface area contributed by atoms with Crippen molar-refractivity contribution < 1.29 is 4.52 Å². The SMILES string of the molecule is Cn1cnc2ncn(Cc3nc(C4CC4)no3)c(=O)c21. The number of imidazole rings is 1. The molecule has 0 aromatic carbocycles. The van der Waals surface area contributed by atoms with E-state index in [1.54, 1.807) is 17.9 Å². The van der Waals surface area contributed by atoms with Gasteiger partial charge >= 0.3 is 0 Å². The number of hydrogen-bond acceptors (Lipinski definition) is 6. The van der Waals surface area contributed by atoms with E-state index in [2.05, 4.69) is 20.1 Å². The lowest BCUT2D eigenvalue weighted by molar-refractivity contribution is 0.364. The molecule has 3 aromatic heterocycles. The van der Waals surface area contributed by atoms with E-state index < -0.39 is 0 Å². The van der Waals surface area contributed by atoms with E-state index in [1.807, 2.05) is 0 Å². The minimum Gasteiger partial charge on any atom is -0.337 e. The van der Waals surface area contributed by atoms with E-state index in [9.17, 15) is 4.79 Å². The molecule has 1 fully saturated rings. The van der Waals surface area contributed by atoms with E-state index in [4.69, 9.17) is 4.52 Å². The highest BCUT2D eigenvalue weighted by Crippen LogP contribution is 2.38. The molecule has 8 nitrogen and oxygen atoms in total. The van der Waals surface area contributed by atoms with Gasteiger partial charge in [-0.05, 0) is 12.8 Å². The molecule has 0 amide bonds. The number of aromatic nitrogens is 6. The largest absolute Gasteiger partial charge is 0.337 e. The quantitative estimate of drug-likeness (QED) is 0.687. The van der Waals surface area contributed by atoms with Crippen LogP contribution >= 0.6 is 0 Å². The number of aryl methyl sites for hydroxylation is 1.